The van der Waals surface area contributed by atoms with E-state index in [-0.39, 0.29) is 10.3 Å². The third-order valence-corrected chi connectivity index (χ3v) is 5.01. The zero-order valence-corrected chi connectivity index (χ0v) is 13.3. The molecule has 0 aliphatic heterocycles. The monoisotopic (exact) mass is 338 g/mol. The molecule has 1 fully saturated rings. The summed E-state index contributed by atoms with van der Waals surface area (Å²) in [7, 11) is 0. The van der Waals surface area contributed by atoms with E-state index in [0.29, 0.717) is 11.1 Å². The molecule has 1 saturated carbocycles. The van der Waals surface area contributed by atoms with Gasteiger partial charge in [0.25, 0.3) is 0 Å². The van der Waals surface area contributed by atoms with Crippen molar-refractivity contribution < 1.29 is 13.2 Å². The number of nitrogens with one attached hydrogen (secondary N) is 1. The van der Waals surface area contributed by atoms with Gasteiger partial charge in [-0.2, -0.15) is 13.2 Å². The molecule has 2 nitrogen and oxygen atoms in total. The van der Waals surface area contributed by atoms with Gasteiger partial charge in [0.2, 0.25) is 0 Å². The number of alkyl halides is 3. The van der Waals surface area contributed by atoms with E-state index in [0.717, 1.165) is 18.8 Å². The molecule has 1 aromatic rings. The molecule has 0 spiro atoms. The molecule has 1 aliphatic rings. The van der Waals surface area contributed by atoms with Gasteiger partial charge in [0.05, 0.1) is 10.6 Å². The second-order valence-corrected chi connectivity index (χ2v) is 7.16. The van der Waals surface area contributed by atoms with Crippen LogP contribution in [0, 0.1) is 0 Å². The van der Waals surface area contributed by atoms with E-state index in [1.54, 1.807) is 0 Å². The average Bonchev–Trinajstić information content (AvgIpc) is 2.91. The van der Waals surface area contributed by atoms with Crippen molar-refractivity contribution in [2.24, 2.45) is 0 Å². The van der Waals surface area contributed by atoms with Crippen molar-refractivity contribution in [3.05, 3.63) is 22.8 Å². The van der Waals surface area contributed by atoms with Gasteiger partial charge in [-0.25, -0.2) is 4.98 Å². The van der Waals surface area contributed by atoms with Crippen LogP contribution < -0.4 is 5.32 Å². The minimum absolute atomic E-state index is 0.0579. The Kier molecular flexibility index (Phi) is 5.80. The number of thioether (sulfide) groups is 1. The summed E-state index contributed by atoms with van der Waals surface area (Å²) in [6.45, 7) is 2.82. The summed E-state index contributed by atoms with van der Waals surface area (Å²) in [6.07, 6.45) is 1.38. The summed E-state index contributed by atoms with van der Waals surface area (Å²) >= 11 is 7.30. The Morgan fingerprint density at radius 1 is 1.43 bits per heavy atom. The van der Waals surface area contributed by atoms with Crippen molar-refractivity contribution in [3.63, 3.8) is 0 Å². The summed E-state index contributed by atoms with van der Waals surface area (Å²) in [4.78, 5) is 3.85. The molecule has 1 unspecified atom stereocenters. The Morgan fingerprint density at radius 3 is 2.67 bits per heavy atom. The topological polar surface area (TPSA) is 24.9 Å². The second-order valence-electron chi connectivity index (χ2n) is 5.33. The highest BCUT2D eigenvalue weighted by atomic mass is 35.5. The van der Waals surface area contributed by atoms with Gasteiger partial charge in [0.15, 0.2) is 0 Å². The van der Waals surface area contributed by atoms with E-state index >= 15 is 0 Å². The Morgan fingerprint density at radius 2 is 2.10 bits per heavy atom. The van der Waals surface area contributed by atoms with Crippen LogP contribution in [0.4, 0.5) is 13.2 Å². The summed E-state index contributed by atoms with van der Waals surface area (Å²) in [5, 5.41) is 4.19. The highest BCUT2D eigenvalue weighted by Crippen LogP contribution is 2.34. The Bertz CT molecular complexity index is 476. The minimum atomic E-state index is -4.41. The van der Waals surface area contributed by atoms with Crippen molar-refractivity contribution in [1.29, 1.82) is 0 Å². The predicted molar refractivity (Wildman–Crippen MR) is 79.8 cm³/mol. The van der Waals surface area contributed by atoms with E-state index < -0.39 is 11.7 Å². The first-order valence-corrected chi connectivity index (χ1v) is 8.25. The van der Waals surface area contributed by atoms with Crippen LogP contribution in [0.2, 0.25) is 5.02 Å². The fraction of sp³-hybridized carbons (Fsp3) is 0.643. The SMILES string of the molecule is CC(CNC1CCCC1)Sc1ncc(C(F)(F)F)cc1Cl. The Balaban J connectivity index is 1.89. The highest BCUT2D eigenvalue weighted by molar-refractivity contribution is 8.00. The largest absolute Gasteiger partial charge is 0.417 e. The van der Waals surface area contributed by atoms with Gasteiger partial charge >= 0.3 is 6.18 Å². The molecule has 0 saturated heterocycles. The van der Waals surface area contributed by atoms with Gasteiger partial charge in [-0.05, 0) is 18.9 Å². The first-order chi connectivity index (χ1) is 9.86. The van der Waals surface area contributed by atoms with Crippen molar-refractivity contribution in [1.82, 2.24) is 10.3 Å². The van der Waals surface area contributed by atoms with Crippen LogP contribution in [0.5, 0.6) is 0 Å². The fourth-order valence-electron chi connectivity index (χ4n) is 2.36. The summed E-state index contributed by atoms with van der Waals surface area (Å²) in [5.74, 6) is 0. The molecule has 1 heterocycles. The molecule has 0 radical (unpaired) electrons. The average molecular weight is 339 g/mol. The smallest absolute Gasteiger partial charge is 0.313 e. The molecular weight excluding hydrogens is 321 g/mol. The molecule has 1 aliphatic carbocycles. The van der Waals surface area contributed by atoms with Crippen LogP contribution in [0.15, 0.2) is 17.3 Å². The Labute approximate surface area is 131 Å². The lowest BCUT2D eigenvalue weighted by atomic mass is 10.2. The fourth-order valence-corrected chi connectivity index (χ4v) is 3.51. The molecule has 1 N–H and O–H groups in total. The summed E-state index contributed by atoms with van der Waals surface area (Å²) in [5.41, 5.74) is -0.811. The van der Waals surface area contributed by atoms with Crippen molar-refractivity contribution in [2.75, 3.05) is 6.54 Å². The predicted octanol–water partition coefficient (Wildman–Crippen LogP) is 4.77. The van der Waals surface area contributed by atoms with Crippen molar-refractivity contribution >= 4 is 23.4 Å². The van der Waals surface area contributed by atoms with Gasteiger partial charge in [-0.3, -0.25) is 0 Å². The lowest BCUT2D eigenvalue weighted by Gasteiger charge is -2.17. The van der Waals surface area contributed by atoms with Gasteiger partial charge in [0.1, 0.15) is 5.03 Å². The van der Waals surface area contributed by atoms with Crippen LogP contribution in [0.3, 0.4) is 0 Å². The maximum Gasteiger partial charge on any atom is 0.417 e. The van der Waals surface area contributed by atoms with Crippen LogP contribution in [-0.4, -0.2) is 22.8 Å². The molecule has 2 rings (SSSR count). The van der Waals surface area contributed by atoms with Gasteiger partial charge < -0.3 is 5.32 Å². The number of rotatable bonds is 5. The lowest BCUT2D eigenvalue weighted by Crippen LogP contribution is -2.31. The minimum Gasteiger partial charge on any atom is -0.313 e. The Hall–Kier alpha value is -0.460. The zero-order chi connectivity index (χ0) is 15.5. The lowest BCUT2D eigenvalue weighted by molar-refractivity contribution is -0.137. The van der Waals surface area contributed by atoms with Crippen LogP contribution in [-0.2, 0) is 6.18 Å². The maximum atomic E-state index is 12.5. The summed E-state index contributed by atoms with van der Waals surface area (Å²) in [6, 6.07) is 1.51. The normalized spacial score (nSPS) is 18.1. The molecule has 1 aromatic heterocycles. The number of hydrogen-bond donors (Lipinski definition) is 1. The summed E-state index contributed by atoms with van der Waals surface area (Å²) < 4.78 is 37.6. The molecule has 21 heavy (non-hydrogen) atoms. The molecular formula is C14H18ClF3N2S. The quantitative estimate of drug-likeness (QED) is 0.783. The third-order valence-electron chi connectivity index (χ3n) is 3.50. The first-order valence-electron chi connectivity index (χ1n) is 6.99. The van der Waals surface area contributed by atoms with Gasteiger partial charge in [0, 0.05) is 24.0 Å². The maximum absolute atomic E-state index is 12.5. The number of aromatic nitrogens is 1. The number of nitrogens with zero attached hydrogens (tertiary/aromatic N) is 1. The van der Waals surface area contributed by atoms with E-state index in [9.17, 15) is 13.2 Å². The first kappa shape index (κ1) is 16.9. The van der Waals surface area contributed by atoms with Crippen LogP contribution in [0.25, 0.3) is 0 Å². The number of pyridine rings is 1. The van der Waals surface area contributed by atoms with E-state index in [4.69, 9.17) is 11.6 Å². The third kappa shape index (κ3) is 5.04. The number of halogens is 4. The van der Waals surface area contributed by atoms with Crippen LogP contribution >= 0.6 is 23.4 Å². The molecule has 7 heteroatoms. The van der Waals surface area contributed by atoms with E-state index in [1.165, 1.54) is 37.4 Å². The standard InChI is InChI=1S/C14H18ClF3N2S/c1-9(7-19-11-4-2-3-5-11)21-13-12(15)6-10(8-20-13)14(16,17)18/h6,8-9,11,19H,2-5,7H2,1H3. The molecule has 0 aromatic carbocycles. The number of hydrogen-bond acceptors (Lipinski definition) is 3. The van der Waals surface area contributed by atoms with E-state index in [2.05, 4.69) is 10.3 Å². The van der Waals surface area contributed by atoms with Crippen LogP contribution in [0.1, 0.15) is 38.2 Å². The highest BCUT2D eigenvalue weighted by Gasteiger charge is 2.31. The van der Waals surface area contributed by atoms with Gasteiger partial charge in [-0.1, -0.05) is 31.4 Å². The van der Waals surface area contributed by atoms with E-state index in [1.807, 2.05) is 6.92 Å². The van der Waals surface area contributed by atoms with Crippen molar-refractivity contribution in [3.8, 4) is 0 Å². The zero-order valence-electron chi connectivity index (χ0n) is 11.7. The molecule has 0 amide bonds. The second kappa shape index (κ2) is 7.20. The molecule has 0 bridgehead atoms. The van der Waals surface area contributed by atoms with Crippen molar-refractivity contribution in [2.45, 2.75) is 55.1 Å². The molecule has 1 atom stereocenters. The van der Waals surface area contributed by atoms with Gasteiger partial charge in [-0.15, -0.1) is 11.8 Å². The molecule has 118 valence electrons.